The van der Waals surface area contributed by atoms with E-state index in [4.69, 9.17) is 34.3 Å². The summed E-state index contributed by atoms with van der Waals surface area (Å²) in [5, 5.41) is 24.3. The number of aliphatic hydroxyl groups is 1. The number of rotatable bonds is 9. The molecule has 10 heteroatoms. The van der Waals surface area contributed by atoms with Gasteiger partial charge >= 0.3 is 0 Å². The largest absolute Gasteiger partial charge is 0.376 e. The first-order valence-electron chi connectivity index (χ1n) is 9.51. The summed E-state index contributed by atoms with van der Waals surface area (Å²) >= 11 is 12.0. The average Bonchev–Trinajstić information content (AvgIpc) is 3.07. The van der Waals surface area contributed by atoms with Gasteiger partial charge in [-0.25, -0.2) is 0 Å². The van der Waals surface area contributed by atoms with Crippen LogP contribution in [0.4, 0.5) is 5.69 Å². The van der Waals surface area contributed by atoms with Crippen LogP contribution >= 0.6 is 23.2 Å². The Morgan fingerprint density at radius 2 is 2.07 bits per heavy atom. The molecule has 1 unspecified atom stereocenters. The molecule has 1 heterocycles. The molecule has 8 nitrogen and oxygen atoms in total. The molecule has 2 fully saturated rings. The van der Waals surface area contributed by atoms with Crippen LogP contribution in [0, 0.1) is 11.3 Å². The Balaban J connectivity index is 1.56. The maximum atomic E-state index is 12.7. The second kappa shape index (κ2) is 8.87. The third-order valence-electron chi connectivity index (χ3n) is 5.39. The Morgan fingerprint density at radius 3 is 2.72 bits per heavy atom. The van der Waals surface area contributed by atoms with Crippen LogP contribution in [0.2, 0.25) is 0 Å². The van der Waals surface area contributed by atoms with Crippen LogP contribution in [-0.2, 0) is 9.59 Å². The minimum Gasteiger partial charge on any atom is -0.376 e. The van der Waals surface area contributed by atoms with E-state index in [0.717, 1.165) is 6.42 Å². The molecule has 1 saturated heterocycles. The zero-order chi connectivity index (χ0) is 21.2. The Morgan fingerprint density at radius 1 is 1.38 bits per heavy atom. The van der Waals surface area contributed by atoms with Gasteiger partial charge in [0.2, 0.25) is 5.91 Å². The van der Waals surface area contributed by atoms with Crippen molar-refractivity contribution in [2.75, 3.05) is 25.0 Å². The Bertz CT molecular complexity index is 804. The van der Waals surface area contributed by atoms with Gasteiger partial charge in [-0.05, 0) is 25.3 Å². The summed E-state index contributed by atoms with van der Waals surface area (Å²) in [5.74, 6) is -0.915. The number of hydrogen-bond donors (Lipinski definition) is 5. The van der Waals surface area contributed by atoms with Crippen LogP contribution in [0.25, 0.3) is 0 Å². The maximum absolute atomic E-state index is 12.7. The monoisotopic (exact) mass is 441 g/mol. The minimum atomic E-state index is -0.860. The quantitative estimate of drug-likeness (QED) is 0.222. The summed E-state index contributed by atoms with van der Waals surface area (Å²) in [6.45, 7) is 1.02. The third kappa shape index (κ3) is 5.19. The number of halogens is 2. The molecule has 0 aromatic heterocycles. The molecule has 3 atom stereocenters. The smallest absolute Gasteiger partial charge is 0.267 e. The van der Waals surface area contributed by atoms with Gasteiger partial charge in [-0.15, -0.1) is 23.2 Å². The number of likely N-dealkylation sites (tertiary alicyclic amines) is 1. The number of benzene rings is 1. The van der Waals surface area contributed by atoms with Gasteiger partial charge in [-0.3, -0.25) is 20.3 Å². The van der Waals surface area contributed by atoms with Gasteiger partial charge in [0.25, 0.3) is 5.91 Å². The van der Waals surface area contributed by atoms with Crippen molar-refractivity contribution in [3.05, 3.63) is 29.8 Å². The van der Waals surface area contributed by atoms with Crippen molar-refractivity contribution in [1.82, 2.24) is 10.2 Å². The number of primary amides is 1. The highest BCUT2D eigenvalue weighted by atomic mass is 35.5. The van der Waals surface area contributed by atoms with Crippen molar-refractivity contribution in [2.45, 2.75) is 35.9 Å². The number of nitrogens with two attached hydrogens (primary N) is 1. The number of nitrogens with zero attached hydrogens (tertiary/aromatic N) is 1. The van der Waals surface area contributed by atoms with E-state index in [0.29, 0.717) is 37.2 Å². The molecule has 3 rings (SSSR count). The van der Waals surface area contributed by atoms with Crippen molar-refractivity contribution in [1.29, 1.82) is 5.41 Å². The van der Waals surface area contributed by atoms with E-state index in [1.807, 2.05) is 0 Å². The van der Waals surface area contributed by atoms with Gasteiger partial charge in [0.15, 0.2) is 0 Å². The summed E-state index contributed by atoms with van der Waals surface area (Å²) in [6, 6.07) is 6.37. The Hall–Kier alpha value is -1.87. The number of nitrogens with one attached hydrogen (secondary N) is 3. The van der Waals surface area contributed by atoms with Gasteiger partial charge in [0, 0.05) is 30.3 Å². The van der Waals surface area contributed by atoms with Crippen LogP contribution in [0.3, 0.4) is 0 Å². The average molecular weight is 442 g/mol. The van der Waals surface area contributed by atoms with Gasteiger partial charge in [-0.1, -0.05) is 18.2 Å². The molecule has 1 aliphatic carbocycles. The summed E-state index contributed by atoms with van der Waals surface area (Å²) in [4.78, 5) is 25.7. The molecule has 6 N–H and O–H groups in total. The molecule has 0 spiro atoms. The fraction of sp³-hybridized carbons (Fsp3) is 0.526. The van der Waals surface area contributed by atoms with E-state index in [9.17, 15) is 14.7 Å². The number of amides is 2. The van der Waals surface area contributed by atoms with Crippen molar-refractivity contribution >= 4 is 46.4 Å². The number of aliphatic hydroxyl groups excluding tert-OH is 1. The predicted molar refractivity (Wildman–Crippen MR) is 112 cm³/mol. The van der Waals surface area contributed by atoms with Gasteiger partial charge in [-0.2, -0.15) is 0 Å². The van der Waals surface area contributed by atoms with Crippen molar-refractivity contribution in [3.63, 3.8) is 0 Å². The zero-order valence-corrected chi connectivity index (χ0v) is 17.3. The lowest BCUT2D eigenvalue weighted by molar-refractivity contribution is -0.132. The first-order valence-corrected chi connectivity index (χ1v) is 10.3. The first-order chi connectivity index (χ1) is 13.7. The third-order valence-corrected chi connectivity index (χ3v) is 6.31. The van der Waals surface area contributed by atoms with Crippen LogP contribution in [0.1, 0.15) is 24.8 Å². The normalized spacial score (nSPS) is 23.5. The molecular weight excluding hydrogens is 417 g/mol. The molecule has 1 aromatic carbocycles. The Labute approximate surface area is 179 Å². The van der Waals surface area contributed by atoms with E-state index in [-0.39, 0.29) is 30.1 Å². The summed E-state index contributed by atoms with van der Waals surface area (Å²) < 4.78 is -0.714. The number of para-hydroxylation sites is 1. The highest BCUT2D eigenvalue weighted by Gasteiger charge is 2.51. The molecule has 1 aliphatic heterocycles. The summed E-state index contributed by atoms with van der Waals surface area (Å²) in [5.41, 5.74) is 5.69. The molecule has 1 aromatic rings. The maximum Gasteiger partial charge on any atom is 0.267 e. The number of carbonyl (C=O) groups excluding carboxylic acids is 2. The molecule has 1 saturated carbocycles. The topological polar surface area (TPSA) is 132 Å². The summed E-state index contributed by atoms with van der Waals surface area (Å²) in [7, 11) is 0. The number of hydrogen-bond acceptors (Lipinski definition) is 6. The van der Waals surface area contributed by atoms with E-state index in [2.05, 4.69) is 10.6 Å². The molecule has 0 radical (unpaired) electrons. The number of alkyl halides is 2. The lowest BCUT2D eigenvalue weighted by atomic mass is 10.1. The van der Waals surface area contributed by atoms with Gasteiger partial charge in [0.05, 0.1) is 12.6 Å². The molecule has 2 aliphatic rings. The molecule has 0 bridgehead atoms. The van der Waals surface area contributed by atoms with Crippen molar-refractivity contribution < 1.29 is 14.7 Å². The highest BCUT2D eigenvalue weighted by molar-refractivity contribution is 6.50. The number of anilines is 1. The van der Waals surface area contributed by atoms with Crippen LogP contribution in [0.5, 0.6) is 0 Å². The Kier molecular flexibility index (Phi) is 6.68. The second-order valence-corrected chi connectivity index (χ2v) is 8.99. The van der Waals surface area contributed by atoms with E-state index < -0.39 is 16.5 Å². The van der Waals surface area contributed by atoms with Crippen LogP contribution < -0.4 is 16.4 Å². The van der Waals surface area contributed by atoms with E-state index >= 15 is 0 Å². The van der Waals surface area contributed by atoms with Gasteiger partial charge in [0.1, 0.15) is 16.3 Å². The fourth-order valence-electron chi connectivity index (χ4n) is 3.58. The van der Waals surface area contributed by atoms with E-state index in [1.54, 1.807) is 29.2 Å². The zero-order valence-electron chi connectivity index (χ0n) is 15.8. The van der Waals surface area contributed by atoms with Crippen LogP contribution in [0.15, 0.2) is 24.3 Å². The van der Waals surface area contributed by atoms with Crippen molar-refractivity contribution in [2.24, 2.45) is 11.7 Å². The number of carbonyl (C=O) groups is 2. The lowest BCUT2D eigenvalue weighted by Gasteiger charge is -2.29. The molecular formula is C19H25Cl2N5O3. The lowest BCUT2D eigenvalue weighted by Crippen LogP contribution is -2.51. The second-order valence-electron chi connectivity index (χ2n) is 7.45. The fourth-order valence-corrected chi connectivity index (χ4v) is 4.11. The van der Waals surface area contributed by atoms with Crippen molar-refractivity contribution in [3.8, 4) is 0 Å². The predicted octanol–water partition coefficient (Wildman–Crippen LogP) is 1.04. The molecule has 158 valence electrons. The minimum absolute atomic E-state index is 0.0264. The van der Waals surface area contributed by atoms with Crippen LogP contribution in [-0.4, -0.2) is 63.8 Å². The summed E-state index contributed by atoms with van der Waals surface area (Å²) in [6.07, 6.45) is 1.32. The molecule has 2 amide bonds. The molecule has 29 heavy (non-hydrogen) atoms. The van der Waals surface area contributed by atoms with Gasteiger partial charge < -0.3 is 21.1 Å². The standard InChI is InChI=1S/C19H25Cl2N5O3/c20-19(21)8-11(19)9-25-18(29)14-6-3-7-26(14)15(27)10-24-13-5-2-1-4-12(13)16(22)17(23)28/h1-2,4-5,11,14,18,22,24-25,29H,3,6-10H2,(H2,23,28)/t11-,14+,18?/m1/s1. The SMILES string of the molecule is N=C(C(N)=O)c1ccccc1NCC(=O)N1CCC[C@H]1C(O)NC[C@H]1CC1(Cl)Cl. The highest BCUT2D eigenvalue weighted by Crippen LogP contribution is 2.52. The first kappa shape index (κ1) is 21.8. The van der Waals surface area contributed by atoms with E-state index in [1.165, 1.54) is 0 Å².